The van der Waals surface area contributed by atoms with E-state index in [9.17, 15) is 4.79 Å². The van der Waals surface area contributed by atoms with Crippen LogP contribution >= 0.6 is 15.9 Å². The first kappa shape index (κ1) is 15.8. The second-order valence-electron chi connectivity index (χ2n) is 5.40. The normalized spacial score (nSPS) is 11.0. The molecule has 0 amide bonds. The lowest BCUT2D eigenvalue weighted by Gasteiger charge is -2.13. The van der Waals surface area contributed by atoms with Crippen LogP contribution in [0.3, 0.4) is 0 Å². The van der Waals surface area contributed by atoms with Gasteiger partial charge in [-0.2, -0.15) is 5.10 Å². The van der Waals surface area contributed by atoms with Gasteiger partial charge in [0.25, 0.3) is 0 Å². The van der Waals surface area contributed by atoms with Gasteiger partial charge in [0, 0.05) is 0 Å². The van der Waals surface area contributed by atoms with Gasteiger partial charge in [0.1, 0.15) is 0 Å². The van der Waals surface area contributed by atoms with E-state index in [1.165, 1.54) is 12.7 Å². The highest BCUT2D eigenvalue weighted by atomic mass is 79.9. The summed E-state index contributed by atoms with van der Waals surface area (Å²) in [7, 11) is 1.36. The molecule has 0 saturated carbocycles. The van der Waals surface area contributed by atoms with Gasteiger partial charge >= 0.3 is 5.97 Å². The molecule has 0 atom stereocenters. The minimum Gasteiger partial charge on any atom is -0.464 e. The van der Waals surface area contributed by atoms with Crippen molar-refractivity contribution in [2.45, 2.75) is 33.6 Å². The summed E-state index contributed by atoms with van der Waals surface area (Å²) in [6, 6.07) is 6.17. The fourth-order valence-corrected chi connectivity index (χ4v) is 3.23. The van der Waals surface area contributed by atoms with E-state index in [0.717, 1.165) is 16.9 Å². The third-order valence-electron chi connectivity index (χ3n) is 3.37. The number of halogens is 1. The highest BCUT2D eigenvalue weighted by Gasteiger charge is 2.24. The van der Waals surface area contributed by atoms with E-state index in [1.54, 1.807) is 0 Å². The molecule has 0 saturated heterocycles. The second-order valence-corrected chi connectivity index (χ2v) is 6.19. The Morgan fingerprint density at radius 3 is 2.52 bits per heavy atom. The largest absolute Gasteiger partial charge is 0.464 e. The molecule has 4 nitrogen and oxygen atoms in total. The van der Waals surface area contributed by atoms with Gasteiger partial charge < -0.3 is 4.74 Å². The lowest BCUT2D eigenvalue weighted by molar-refractivity contribution is 0.0592. The SMILES string of the molecule is COC(=O)c1nn(-c2ccc(C)cc2C)c(C(C)C)c1Br. The molecule has 2 aromatic rings. The number of esters is 1. The van der Waals surface area contributed by atoms with Crippen LogP contribution in [0, 0.1) is 13.8 Å². The number of methoxy groups -OCH3 is 1. The fourth-order valence-electron chi connectivity index (χ4n) is 2.36. The van der Waals surface area contributed by atoms with Crippen LogP contribution in [0.4, 0.5) is 0 Å². The van der Waals surface area contributed by atoms with Crippen LogP contribution in [-0.4, -0.2) is 22.9 Å². The van der Waals surface area contributed by atoms with Crippen LogP contribution in [0.15, 0.2) is 22.7 Å². The van der Waals surface area contributed by atoms with E-state index < -0.39 is 5.97 Å². The second kappa shape index (κ2) is 6.02. The van der Waals surface area contributed by atoms with E-state index >= 15 is 0 Å². The molecule has 0 unspecified atom stereocenters. The van der Waals surface area contributed by atoms with Crippen LogP contribution in [0.25, 0.3) is 5.69 Å². The van der Waals surface area contributed by atoms with Gasteiger partial charge in [-0.1, -0.05) is 31.5 Å². The minimum atomic E-state index is -0.438. The molecule has 112 valence electrons. The molecule has 0 aliphatic heterocycles. The molecular weight excluding hydrogens is 332 g/mol. The van der Waals surface area contributed by atoms with Gasteiger partial charge in [-0.15, -0.1) is 0 Å². The standard InChI is InChI=1S/C16H19BrN2O2/c1-9(2)15-13(17)14(16(20)21-5)18-19(15)12-7-6-10(3)8-11(12)4/h6-9H,1-5H3. The monoisotopic (exact) mass is 350 g/mol. The van der Waals surface area contributed by atoms with Crippen molar-refractivity contribution in [2.75, 3.05) is 7.11 Å². The van der Waals surface area contributed by atoms with Gasteiger partial charge in [-0.05, 0) is 47.3 Å². The Balaban J connectivity index is 2.70. The minimum absolute atomic E-state index is 0.214. The van der Waals surface area contributed by atoms with Crippen molar-refractivity contribution in [3.05, 3.63) is 45.2 Å². The molecule has 0 fully saturated rings. The Morgan fingerprint density at radius 1 is 1.33 bits per heavy atom. The molecule has 21 heavy (non-hydrogen) atoms. The maximum absolute atomic E-state index is 11.9. The number of hydrogen-bond donors (Lipinski definition) is 0. The summed E-state index contributed by atoms with van der Waals surface area (Å²) in [6.45, 7) is 8.24. The van der Waals surface area contributed by atoms with E-state index in [1.807, 2.05) is 23.7 Å². The molecule has 5 heteroatoms. The quantitative estimate of drug-likeness (QED) is 0.780. The zero-order valence-electron chi connectivity index (χ0n) is 12.9. The number of benzene rings is 1. The van der Waals surface area contributed by atoms with Crippen molar-refractivity contribution in [3.8, 4) is 5.69 Å². The average Bonchev–Trinajstić information content (AvgIpc) is 2.75. The van der Waals surface area contributed by atoms with Crippen molar-refractivity contribution in [1.82, 2.24) is 9.78 Å². The number of hydrogen-bond acceptors (Lipinski definition) is 3. The summed E-state index contributed by atoms with van der Waals surface area (Å²) in [5, 5.41) is 4.46. The molecule has 0 spiro atoms. The van der Waals surface area contributed by atoms with Crippen LogP contribution < -0.4 is 0 Å². The summed E-state index contributed by atoms with van der Waals surface area (Å²) in [5.41, 5.74) is 4.55. The molecule has 2 rings (SSSR count). The van der Waals surface area contributed by atoms with Gasteiger partial charge in [-0.25, -0.2) is 9.48 Å². The first-order chi connectivity index (χ1) is 9.86. The number of aryl methyl sites for hydroxylation is 2. The smallest absolute Gasteiger partial charge is 0.359 e. The maximum atomic E-state index is 11.9. The summed E-state index contributed by atoms with van der Waals surface area (Å²) >= 11 is 3.50. The number of ether oxygens (including phenoxy) is 1. The predicted octanol–water partition coefficient (Wildman–Crippen LogP) is 4.16. The summed E-state index contributed by atoms with van der Waals surface area (Å²) in [4.78, 5) is 11.9. The van der Waals surface area contributed by atoms with Crippen molar-refractivity contribution >= 4 is 21.9 Å². The maximum Gasteiger partial charge on any atom is 0.359 e. The Labute approximate surface area is 133 Å². The number of nitrogens with zero attached hydrogens (tertiary/aromatic N) is 2. The van der Waals surface area contributed by atoms with Crippen molar-refractivity contribution in [2.24, 2.45) is 0 Å². The van der Waals surface area contributed by atoms with Gasteiger partial charge in [0.2, 0.25) is 0 Å². The molecule has 0 aliphatic carbocycles. The highest BCUT2D eigenvalue weighted by Crippen LogP contribution is 2.31. The zero-order chi connectivity index (χ0) is 15.7. The summed E-state index contributed by atoms with van der Waals surface area (Å²) in [6.07, 6.45) is 0. The lowest BCUT2D eigenvalue weighted by Crippen LogP contribution is -2.07. The molecule has 1 aromatic heterocycles. The average molecular weight is 351 g/mol. The van der Waals surface area contributed by atoms with E-state index in [4.69, 9.17) is 4.74 Å². The molecule has 1 aromatic carbocycles. The first-order valence-electron chi connectivity index (χ1n) is 6.81. The molecule has 0 aliphatic rings. The Kier molecular flexibility index (Phi) is 4.52. The fraction of sp³-hybridized carbons (Fsp3) is 0.375. The van der Waals surface area contributed by atoms with E-state index in [2.05, 4.69) is 47.9 Å². The number of aromatic nitrogens is 2. The Bertz CT molecular complexity index is 690. The Hall–Kier alpha value is -1.62. The summed E-state index contributed by atoms with van der Waals surface area (Å²) in [5.74, 6) is -0.224. The molecule has 0 radical (unpaired) electrons. The van der Waals surface area contributed by atoms with Gasteiger partial charge in [-0.3, -0.25) is 0 Å². The van der Waals surface area contributed by atoms with Crippen molar-refractivity contribution < 1.29 is 9.53 Å². The Morgan fingerprint density at radius 2 is 2.00 bits per heavy atom. The predicted molar refractivity (Wildman–Crippen MR) is 86.2 cm³/mol. The first-order valence-corrected chi connectivity index (χ1v) is 7.60. The molecular formula is C16H19BrN2O2. The van der Waals surface area contributed by atoms with Crippen LogP contribution in [0.2, 0.25) is 0 Å². The van der Waals surface area contributed by atoms with Crippen LogP contribution in [-0.2, 0) is 4.74 Å². The van der Waals surface area contributed by atoms with Gasteiger partial charge in [0.05, 0.1) is 23.0 Å². The van der Waals surface area contributed by atoms with Crippen LogP contribution in [0.1, 0.15) is 47.1 Å². The molecule has 1 heterocycles. The number of carbonyl (C=O) groups excluding carboxylic acids is 1. The van der Waals surface area contributed by atoms with Crippen molar-refractivity contribution in [1.29, 1.82) is 0 Å². The van der Waals surface area contributed by atoms with Gasteiger partial charge in [0.15, 0.2) is 5.69 Å². The number of carbonyl (C=O) groups is 1. The van der Waals surface area contributed by atoms with E-state index in [0.29, 0.717) is 10.2 Å². The number of rotatable bonds is 3. The third kappa shape index (κ3) is 2.88. The van der Waals surface area contributed by atoms with Crippen LogP contribution in [0.5, 0.6) is 0 Å². The third-order valence-corrected chi connectivity index (χ3v) is 4.15. The molecule has 0 N–H and O–H groups in total. The zero-order valence-corrected chi connectivity index (χ0v) is 14.5. The highest BCUT2D eigenvalue weighted by molar-refractivity contribution is 9.10. The van der Waals surface area contributed by atoms with Crippen molar-refractivity contribution in [3.63, 3.8) is 0 Å². The van der Waals surface area contributed by atoms with E-state index in [-0.39, 0.29) is 5.92 Å². The topological polar surface area (TPSA) is 44.1 Å². The summed E-state index contributed by atoms with van der Waals surface area (Å²) < 4.78 is 7.33. The lowest BCUT2D eigenvalue weighted by atomic mass is 10.1. The molecule has 0 bridgehead atoms.